The van der Waals surface area contributed by atoms with Crippen molar-refractivity contribution in [2.45, 2.75) is 118 Å². The van der Waals surface area contributed by atoms with Crippen LogP contribution in [0.5, 0.6) is 5.75 Å². The number of nitrogens with zero attached hydrogens (tertiary/aromatic N) is 3. The molecule has 0 bridgehead atoms. The number of carbonyl (C=O) groups is 3. The number of carbonyl (C=O) groups excluding carboxylic acids is 3. The fraction of sp³-hybridized carbons (Fsp3) is 0.526. The SMILES string of the molecule is CC1(C)CC[C@]2(C(=O)OCc3ccccc3)CC[C@]3(C)C(=CC[C@@H]4[C@@]5(C)Cc6nccnc6[C@@](C)(COC(=O)c6ccccc6C(=O)OCCc6ccc(OCCO[N+](=O)[O-])cc6)[C@@H]5CC[C@]43C)[C@@H]2C1. The van der Waals surface area contributed by atoms with Gasteiger partial charge >= 0.3 is 17.9 Å². The van der Waals surface area contributed by atoms with Crippen LogP contribution in [0.3, 0.4) is 0 Å². The van der Waals surface area contributed by atoms with Crippen molar-refractivity contribution in [1.29, 1.82) is 0 Å². The van der Waals surface area contributed by atoms with E-state index in [2.05, 4.69) is 52.5 Å². The van der Waals surface area contributed by atoms with Crippen molar-refractivity contribution >= 4 is 17.9 Å². The summed E-state index contributed by atoms with van der Waals surface area (Å²) in [6, 6.07) is 23.7. The Balaban J connectivity index is 0.920. The minimum Gasteiger partial charge on any atom is -0.492 e. The van der Waals surface area contributed by atoms with Gasteiger partial charge in [-0.15, -0.1) is 10.1 Å². The highest BCUT2D eigenvalue weighted by atomic mass is 17.0. The second-order valence-electron chi connectivity index (χ2n) is 22.4. The number of benzene rings is 3. The van der Waals surface area contributed by atoms with Crippen LogP contribution in [0.15, 0.2) is 103 Å². The topological polar surface area (TPSA) is 166 Å². The Bertz CT molecular complexity index is 2650. The Hall–Kier alpha value is -6.11. The van der Waals surface area contributed by atoms with E-state index in [1.807, 2.05) is 42.5 Å². The summed E-state index contributed by atoms with van der Waals surface area (Å²) in [7, 11) is 0. The highest BCUT2D eigenvalue weighted by molar-refractivity contribution is 6.03. The van der Waals surface area contributed by atoms with Gasteiger partial charge in [0, 0.05) is 24.2 Å². The molecule has 13 heteroatoms. The van der Waals surface area contributed by atoms with Crippen molar-refractivity contribution in [1.82, 2.24) is 9.97 Å². The van der Waals surface area contributed by atoms with Gasteiger partial charge in [0.25, 0.3) is 5.09 Å². The lowest BCUT2D eigenvalue weighted by atomic mass is 9.33. The molecule has 0 spiro atoms. The fourth-order valence-electron chi connectivity index (χ4n) is 14.3. The van der Waals surface area contributed by atoms with Crippen LogP contribution in [0.25, 0.3) is 0 Å². The Morgan fingerprint density at radius 1 is 0.729 bits per heavy atom. The number of ether oxygens (including phenoxy) is 4. The Morgan fingerprint density at radius 2 is 1.41 bits per heavy atom. The quantitative estimate of drug-likeness (QED) is 0.0277. The van der Waals surface area contributed by atoms with Crippen molar-refractivity contribution < 1.29 is 43.3 Å². The molecular formula is C57H67N3O10. The summed E-state index contributed by atoms with van der Waals surface area (Å²) >= 11 is 0. The molecule has 3 fully saturated rings. The van der Waals surface area contributed by atoms with E-state index in [4.69, 9.17) is 28.9 Å². The van der Waals surface area contributed by atoms with Gasteiger partial charge in [-0.1, -0.05) is 108 Å². The van der Waals surface area contributed by atoms with Crippen LogP contribution in [0, 0.1) is 54.9 Å². The molecular weight excluding hydrogens is 887 g/mol. The Kier molecular flexibility index (Phi) is 13.2. The van der Waals surface area contributed by atoms with E-state index in [1.165, 1.54) is 5.57 Å². The molecule has 1 aromatic heterocycles. The molecule has 3 saturated carbocycles. The van der Waals surface area contributed by atoms with Crippen LogP contribution in [-0.4, -0.2) is 59.4 Å². The largest absolute Gasteiger partial charge is 0.492 e. The molecule has 0 saturated heterocycles. The highest BCUT2D eigenvalue weighted by Crippen LogP contribution is 2.75. The zero-order chi connectivity index (χ0) is 49.5. The number of esters is 3. The molecule has 9 rings (SSSR count). The van der Waals surface area contributed by atoms with Gasteiger partial charge in [0.2, 0.25) is 0 Å². The van der Waals surface area contributed by atoms with Crippen LogP contribution in [0.1, 0.15) is 136 Å². The molecule has 5 aliphatic rings. The average molecular weight is 954 g/mol. The normalized spacial score (nSPS) is 30.3. The van der Waals surface area contributed by atoms with Crippen molar-refractivity contribution in [2.24, 2.45) is 44.8 Å². The summed E-state index contributed by atoms with van der Waals surface area (Å²) in [6.07, 6.45) is 14.6. The predicted molar refractivity (Wildman–Crippen MR) is 261 cm³/mol. The summed E-state index contributed by atoms with van der Waals surface area (Å²) in [6.45, 7) is 14.7. The third-order valence-electron chi connectivity index (χ3n) is 18.1. The van der Waals surface area contributed by atoms with Gasteiger partial charge in [-0.2, -0.15) is 0 Å². The average Bonchev–Trinajstić information content (AvgIpc) is 3.34. The van der Waals surface area contributed by atoms with E-state index in [0.29, 0.717) is 12.2 Å². The third kappa shape index (κ3) is 8.76. The molecule has 0 amide bonds. The van der Waals surface area contributed by atoms with Gasteiger partial charge in [-0.25, -0.2) is 9.59 Å². The number of allylic oxidation sites excluding steroid dienone is 2. The van der Waals surface area contributed by atoms with Crippen molar-refractivity contribution in [3.63, 3.8) is 0 Å². The first-order valence-corrected chi connectivity index (χ1v) is 25.1. The number of hydrogen-bond donors (Lipinski definition) is 0. The van der Waals surface area contributed by atoms with E-state index in [-0.39, 0.29) is 89.5 Å². The third-order valence-corrected chi connectivity index (χ3v) is 18.1. The standard InChI is InChI=1S/C57H67N3O10/c1-52(2)25-27-57(51(63)68-36-39-12-8-7-9-13-39)28-26-55(5)43(44(57)34-52)20-21-47-53(3)35-45-48(59-30-29-58-45)54(4,46(53)22-24-56(47,55)6)37-69-50(62)42-15-11-10-14-41(42)49(61)67-31-23-38-16-18-40(19-17-38)66-32-33-70-60(64)65/h7-20,29-30,44,46-47H,21-28,31-37H2,1-6H3/t44-,46+,47+,53-,54-,55+,56+,57-/m0/s1. The molecule has 1 heterocycles. The molecule has 70 heavy (non-hydrogen) atoms. The van der Waals surface area contributed by atoms with E-state index >= 15 is 0 Å². The monoisotopic (exact) mass is 953 g/mol. The Morgan fingerprint density at radius 3 is 2.14 bits per heavy atom. The fourth-order valence-corrected chi connectivity index (χ4v) is 14.3. The molecule has 370 valence electrons. The molecule has 4 aromatic rings. The summed E-state index contributed by atoms with van der Waals surface area (Å²) in [5, 5.41) is 9.50. The number of aromatic nitrogens is 2. The van der Waals surface area contributed by atoms with Crippen LogP contribution < -0.4 is 4.74 Å². The molecule has 13 nitrogen and oxygen atoms in total. The second kappa shape index (κ2) is 18.9. The van der Waals surface area contributed by atoms with Gasteiger partial charge < -0.3 is 23.8 Å². The van der Waals surface area contributed by atoms with Crippen molar-refractivity contribution in [2.75, 3.05) is 26.4 Å². The maximum Gasteiger partial charge on any atom is 0.339 e. The Labute approximate surface area is 411 Å². The van der Waals surface area contributed by atoms with E-state index in [1.54, 1.807) is 48.8 Å². The first-order valence-electron chi connectivity index (χ1n) is 25.1. The maximum atomic E-state index is 14.6. The van der Waals surface area contributed by atoms with Gasteiger partial charge in [0.15, 0.2) is 0 Å². The van der Waals surface area contributed by atoms with E-state index in [9.17, 15) is 24.5 Å². The van der Waals surface area contributed by atoms with Crippen molar-refractivity contribution in [3.8, 4) is 5.75 Å². The van der Waals surface area contributed by atoms with Crippen LogP contribution in [-0.2, 0) is 48.7 Å². The smallest absolute Gasteiger partial charge is 0.339 e. The van der Waals surface area contributed by atoms with Crippen LogP contribution in [0.2, 0.25) is 0 Å². The lowest BCUT2D eigenvalue weighted by Gasteiger charge is -2.70. The molecule has 3 aromatic carbocycles. The van der Waals surface area contributed by atoms with Gasteiger partial charge in [-0.05, 0) is 133 Å². The molecule has 0 aliphatic heterocycles. The lowest BCUT2D eigenvalue weighted by Crippen LogP contribution is -2.65. The summed E-state index contributed by atoms with van der Waals surface area (Å²) < 4.78 is 23.8. The van der Waals surface area contributed by atoms with Gasteiger partial charge in [0.05, 0.1) is 34.5 Å². The zero-order valence-corrected chi connectivity index (χ0v) is 41.5. The number of rotatable bonds is 15. The van der Waals surface area contributed by atoms with Gasteiger partial charge in [0.1, 0.15) is 32.2 Å². The summed E-state index contributed by atoms with van der Waals surface area (Å²) in [5.41, 5.74) is 3.90. The van der Waals surface area contributed by atoms with Gasteiger partial charge in [-0.3, -0.25) is 14.8 Å². The molecule has 0 radical (unpaired) electrons. The molecule has 8 atom stereocenters. The zero-order valence-electron chi connectivity index (χ0n) is 41.5. The predicted octanol–water partition coefficient (Wildman–Crippen LogP) is 10.9. The minimum absolute atomic E-state index is 0.0253. The molecule has 0 N–H and O–H groups in total. The number of hydrogen-bond acceptors (Lipinski definition) is 12. The first-order chi connectivity index (χ1) is 33.4. The van der Waals surface area contributed by atoms with Crippen LogP contribution >= 0.6 is 0 Å². The van der Waals surface area contributed by atoms with Crippen molar-refractivity contribution in [3.05, 3.63) is 147 Å². The second-order valence-corrected chi connectivity index (χ2v) is 22.4. The first kappa shape index (κ1) is 48.9. The van der Waals surface area contributed by atoms with E-state index in [0.717, 1.165) is 80.3 Å². The summed E-state index contributed by atoms with van der Waals surface area (Å²) in [4.78, 5) is 66.9. The highest BCUT2D eigenvalue weighted by Gasteiger charge is 2.70. The molecule has 0 unspecified atom stereocenters. The van der Waals surface area contributed by atoms with Crippen LogP contribution in [0.4, 0.5) is 0 Å². The maximum absolute atomic E-state index is 14.6. The lowest BCUT2D eigenvalue weighted by molar-refractivity contribution is -0.757. The van der Waals surface area contributed by atoms with E-state index < -0.39 is 27.9 Å². The number of fused-ring (bicyclic) bond motifs is 8. The minimum atomic E-state index is -0.865. The summed E-state index contributed by atoms with van der Waals surface area (Å²) in [5.74, 6) is -0.230. The molecule has 5 aliphatic carbocycles.